The van der Waals surface area contributed by atoms with Crippen LogP contribution >= 0.6 is 0 Å². The molecule has 0 unspecified atom stereocenters. The van der Waals surface area contributed by atoms with E-state index in [1.165, 1.54) is 44.5 Å². The van der Waals surface area contributed by atoms with Crippen molar-refractivity contribution in [1.82, 2.24) is 9.97 Å². The molecular weight excluding hydrogens is 617 g/mol. The molecule has 0 N–H and O–H groups in total. The molecule has 0 atom stereocenters. The van der Waals surface area contributed by atoms with Gasteiger partial charge in [-0.2, -0.15) is 0 Å². The summed E-state index contributed by atoms with van der Waals surface area (Å²) in [5, 5.41) is 0. The van der Waals surface area contributed by atoms with Gasteiger partial charge < -0.3 is 0 Å². The minimum Gasteiger partial charge on any atom is -0.228 e. The fraction of sp³-hybridized carbons (Fsp3) is 0.0612. The first kappa shape index (κ1) is 30.7. The van der Waals surface area contributed by atoms with E-state index < -0.39 is 0 Å². The second kappa shape index (κ2) is 12.5. The zero-order chi connectivity index (χ0) is 34.4. The molecule has 1 aliphatic rings. The Hall–Kier alpha value is -6.38. The van der Waals surface area contributed by atoms with Crippen molar-refractivity contribution in [3.63, 3.8) is 0 Å². The Morgan fingerprint density at radius 2 is 0.765 bits per heavy atom. The van der Waals surface area contributed by atoms with Gasteiger partial charge in [-0.1, -0.05) is 166 Å². The summed E-state index contributed by atoms with van der Waals surface area (Å²) < 4.78 is 0. The molecule has 2 heteroatoms. The summed E-state index contributed by atoms with van der Waals surface area (Å²) in [6, 6.07) is 64.8. The fourth-order valence-corrected chi connectivity index (χ4v) is 7.57. The highest BCUT2D eigenvalue weighted by Gasteiger charge is 2.35. The molecule has 0 fully saturated rings. The van der Waals surface area contributed by atoms with Crippen molar-refractivity contribution in [2.75, 3.05) is 0 Å². The van der Waals surface area contributed by atoms with Gasteiger partial charge in [0.1, 0.15) is 0 Å². The molecule has 0 saturated heterocycles. The third kappa shape index (κ3) is 5.65. The molecule has 51 heavy (non-hydrogen) atoms. The van der Waals surface area contributed by atoms with Crippen LogP contribution < -0.4 is 0 Å². The largest absolute Gasteiger partial charge is 0.228 e. The van der Waals surface area contributed by atoms with Gasteiger partial charge in [-0.15, -0.1) is 0 Å². The first-order valence-electron chi connectivity index (χ1n) is 17.6. The van der Waals surface area contributed by atoms with Gasteiger partial charge in [0.15, 0.2) is 5.82 Å². The van der Waals surface area contributed by atoms with Crippen LogP contribution in [0.4, 0.5) is 0 Å². The zero-order valence-electron chi connectivity index (χ0n) is 28.7. The Bertz CT molecular complexity index is 2550. The minimum atomic E-state index is -0.0360. The van der Waals surface area contributed by atoms with Gasteiger partial charge in [-0.3, -0.25) is 0 Å². The highest BCUT2D eigenvalue weighted by atomic mass is 14.9. The monoisotopic (exact) mass is 652 g/mol. The van der Waals surface area contributed by atoms with Crippen LogP contribution in [0.2, 0.25) is 0 Å². The topological polar surface area (TPSA) is 25.8 Å². The average molecular weight is 653 g/mol. The van der Waals surface area contributed by atoms with Crippen LogP contribution in [0, 0.1) is 0 Å². The quantitative estimate of drug-likeness (QED) is 0.179. The summed E-state index contributed by atoms with van der Waals surface area (Å²) >= 11 is 0. The summed E-state index contributed by atoms with van der Waals surface area (Å²) in [6.45, 7) is 4.68. The van der Waals surface area contributed by atoms with Crippen molar-refractivity contribution in [1.29, 1.82) is 0 Å². The van der Waals surface area contributed by atoms with Crippen molar-refractivity contribution in [3.8, 4) is 78.4 Å². The van der Waals surface area contributed by atoms with Gasteiger partial charge in [0.2, 0.25) is 0 Å². The lowest BCUT2D eigenvalue weighted by atomic mass is 9.81. The summed E-state index contributed by atoms with van der Waals surface area (Å²) in [5.41, 5.74) is 17.4. The number of hydrogen-bond acceptors (Lipinski definition) is 2. The smallest absolute Gasteiger partial charge is 0.160 e. The van der Waals surface area contributed by atoms with Crippen molar-refractivity contribution in [2.24, 2.45) is 0 Å². The summed E-state index contributed by atoms with van der Waals surface area (Å²) in [6.07, 6.45) is 0. The normalized spacial score (nSPS) is 12.7. The average Bonchev–Trinajstić information content (AvgIpc) is 3.44. The van der Waals surface area contributed by atoms with E-state index in [-0.39, 0.29) is 5.41 Å². The Balaban J connectivity index is 1.10. The maximum atomic E-state index is 5.19. The minimum absolute atomic E-state index is 0.0360. The molecule has 0 radical (unpaired) electrons. The van der Waals surface area contributed by atoms with Crippen molar-refractivity contribution in [3.05, 3.63) is 193 Å². The third-order valence-electron chi connectivity index (χ3n) is 10.3. The molecule has 1 aromatic heterocycles. The van der Waals surface area contributed by atoms with Crippen molar-refractivity contribution in [2.45, 2.75) is 19.3 Å². The van der Waals surface area contributed by atoms with Gasteiger partial charge in [0.05, 0.1) is 11.4 Å². The fourth-order valence-electron chi connectivity index (χ4n) is 7.57. The summed E-state index contributed by atoms with van der Waals surface area (Å²) in [4.78, 5) is 10.3. The molecule has 0 aliphatic heterocycles. The van der Waals surface area contributed by atoms with Gasteiger partial charge in [-0.25, -0.2) is 9.97 Å². The number of nitrogens with zero attached hydrogens (tertiary/aromatic N) is 2. The molecule has 7 aromatic carbocycles. The molecule has 9 rings (SSSR count). The van der Waals surface area contributed by atoms with E-state index in [1.54, 1.807) is 0 Å². The molecule has 0 amide bonds. The van der Waals surface area contributed by atoms with Gasteiger partial charge in [0, 0.05) is 22.1 Å². The van der Waals surface area contributed by atoms with E-state index in [1.807, 2.05) is 12.1 Å². The number of fused-ring (bicyclic) bond motifs is 3. The second-order valence-electron chi connectivity index (χ2n) is 13.9. The highest BCUT2D eigenvalue weighted by molar-refractivity contribution is 5.85. The Morgan fingerprint density at radius 1 is 0.314 bits per heavy atom. The number of aromatic nitrogens is 2. The molecule has 242 valence electrons. The molecule has 0 bridgehead atoms. The lowest BCUT2D eigenvalue weighted by Gasteiger charge is -2.22. The van der Waals surface area contributed by atoms with Crippen LogP contribution in [-0.4, -0.2) is 9.97 Å². The Labute approximate surface area is 299 Å². The van der Waals surface area contributed by atoms with Crippen LogP contribution in [-0.2, 0) is 5.41 Å². The van der Waals surface area contributed by atoms with E-state index >= 15 is 0 Å². The maximum Gasteiger partial charge on any atom is 0.160 e. The maximum absolute atomic E-state index is 5.19. The van der Waals surface area contributed by atoms with Crippen LogP contribution in [0.25, 0.3) is 78.4 Å². The number of benzene rings is 7. The van der Waals surface area contributed by atoms with Crippen LogP contribution in [0.15, 0.2) is 182 Å². The molecular formula is C49H36N2. The summed E-state index contributed by atoms with van der Waals surface area (Å²) in [7, 11) is 0. The van der Waals surface area contributed by atoms with Crippen molar-refractivity contribution < 1.29 is 0 Å². The van der Waals surface area contributed by atoms with Gasteiger partial charge in [-0.05, 0) is 86.0 Å². The molecule has 1 heterocycles. The predicted octanol–water partition coefficient (Wildman–Crippen LogP) is 12.8. The van der Waals surface area contributed by atoms with E-state index in [4.69, 9.17) is 9.97 Å². The molecule has 0 saturated carbocycles. The van der Waals surface area contributed by atoms with Crippen LogP contribution in [0.1, 0.15) is 25.0 Å². The molecule has 0 spiro atoms. The van der Waals surface area contributed by atoms with Gasteiger partial charge in [0.25, 0.3) is 0 Å². The zero-order valence-corrected chi connectivity index (χ0v) is 28.7. The lowest BCUT2D eigenvalue weighted by molar-refractivity contribution is 0.660. The predicted molar refractivity (Wildman–Crippen MR) is 212 cm³/mol. The number of hydrogen-bond donors (Lipinski definition) is 0. The van der Waals surface area contributed by atoms with E-state index in [9.17, 15) is 0 Å². The van der Waals surface area contributed by atoms with E-state index in [0.29, 0.717) is 5.82 Å². The lowest BCUT2D eigenvalue weighted by Crippen LogP contribution is -2.14. The van der Waals surface area contributed by atoms with Crippen LogP contribution in [0.3, 0.4) is 0 Å². The second-order valence-corrected chi connectivity index (χ2v) is 13.9. The SMILES string of the molecule is CC1(C)c2ccccc2-c2ccc(-c3cccc(-c4cccc(-c5cc(-c6ccccc6)nc(-c6cccc(-c7ccccc7)c6)n5)c4)c3)cc21. The third-order valence-corrected chi connectivity index (χ3v) is 10.3. The van der Waals surface area contributed by atoms with Crippen LogP contribution in [0.5, 0.6) is 0 Å². The van der Waals surface area contributed by atoms with Gasteiger partial charge >= 0.3 is 0 Å². The first-order chi connectivity index (χ1) is 25.0. The van der Waals surface area contributed by atoms with E-state index in [2.05, 4.69) is 184 Å². The first-order valence-corrected chi connectivity index (χ1v) is 17.6. The Kier molecular flexibility index (Phi) is 7.51. The molecule has 1 aliphatic carbocycles. The molecule has 2 nitrogen and oxygen atoms in total. The summed E-state index contributed by atoms with van der Waals surface area (Å²) in [5.74, 6) is 0.707. The van der Waals surface area contributed by atoms with Crippen molar-refractivity contribution >= 4 is 0 Å². The van der Waals surface area contributed by atoms with E-state index in [0.717, 1.165) is 39.2 Å². The standard InChI is InChI=1S/C49H36N2/c1-49(2)44-25-10-9-24-42(44)43-27-26-39(31-45(43)49)37-20-11-19-36(28-37)38-21-12-22-40(29-38)47-32-46(34-16-7-4-8-17-34)50-48(51-47)41-23-13-18-35(30-41)33-14-5-3-6-15-33/h3-32H,1-2H3. The number of rotatable bonds is 6. The highest BCUT2D eigenvalue weighted by Crippen LogP contribution is 2.49. The molecule has 8 aromatic rings. The Morgan fingerprint density at radius 3 is 1.45 bits per heavy atom.